The molecule has 2 aliphatic rings. The van der Waals surface area contributed by atoms with Gasteiger partial charge in [0.15, 0.2) is 0 Å². The summed E-state index contributed by atoms with van der Waals surface area (Å²) in [6.45, 7) is 0.155. The van der Waals surface area contributed by atoms with E-state index in [-0.39, 0.29) is 30.1 Å². The summed E-state index contributed by atoms with van der Waals surface area (Å²) in [5.74, 6) is -0.586. The van der Waals surface area contributed by atoms with Gasteiger partial charge in [0.1, 0.15) is 6.61 Å². The lowest BCUT2D eigenvalue weighted by Crippen LogP contribution is -2.31. The van der Waals surface area contributed by atoms with Gasteiger partial charge in [0, 0.05) is 16.0 Å². The standard InChI is InChI=1S/C18H17Cl2NO4S/c19-7-8-25-16(22)10-26-15-9-11(5-6-14(15)20)21-17(23)12-3-1-2-4-13(12)18(21)24/h5-6,9H,1-4,7-8,10H2. The van der Waals surface area contributed by atoms with Crippen molar-refractivity contribution in [2.24, 2.45) is 0 Å². The van der Waals surface area contributed by atoms with Crippen LogP contribution in [0, 0.1) is 0 Å². The second-order valence-electron chi connectivity index (χ2n) is 5.92. The summed E-state index contributed by atoms with van der Waals surface area (Å²) in [4.78, 5) is 38.8. The number of amides is 2. The van der Waals surface area contributed by atoms with Crippen molar-refractivity contribution in [2.45, 2.75) is 30.6 Å². The van der Waals surface area contributed by atoms with Crippen LogP contribution < -0.4 is 4.90 Å². The molecule has 3 rings (SSSR count). The number of thioether (sulfide) groups is 1. The third kappa shape index (κ3) is 3.92. The molecule has 0 radical (unpaired) electrons. The van der Waals surface area contributed by atoms with Crippen LogP contribution in [0.25, 0.3) is 0 Å². The minimum Gasteiger partial charge on any atom is -0.464 e. The number of hydrogen-bond acceptors (Lipinski definition) is 5. The summed E-state index contributed by atoms with van der Waals surface area (Å²) >= 11 is 12.9. The Kier molecular flexibility index (Phi) is 6.27. The van der Waals surface area contributed by atoms with Gasteiger partial charge in [-0.05, 0) is 43.9 Å². The number of nitrogens with zero attached hydrogens (tertiary/aromatic N) is 1. The molecule has 1 aliphatic heterocycles. The van der Waals surface area contributed by atoms with E-state index < -0.39 is 5.97 Å². The number of carbonyl (C=O) groups excluding carboxylic acids is 3. The number of carbonyl (C=O) groups is 3. The Morgan fingerprint density at radius 1 is 1.15 bits per heavy atom. The number of hydrogen-bond donors (Lipinski definition) is 0. The third-order valence-electron chi connectivity index (χ3n) is 4.25. The summed E-state index contributed by atoms with van der Waals surface area (Å²) < 4.78 is 4.92. The van der Waals surface area contributed by atoms with Gasteiger partial charge in [-0.2, -0.15) is 0 Å². The molecule has 0 unspecified atom stereocenters. The van der Waals surface area contributed by atoms with E-state index in [4.69, 9.17) is 27.9 Å². The van der Waals surface area contributed by atoms with Crippen LogP contribution in [-0.4, -0.2) is 36.0 Å². The van der Waals surface area contributed by atoms with Crippen molar-refractivity contribution >= 4 is 58.4 Å². The molecule has 0 N–H and O–H groups in total. The Bertz CT molecular complexity index is 765. The molecule has 0 aromatic heterocycles. The number of esters is 1. The van der Waals surface area contributed by atoms with Gasteiger partial charge in [0.2, 0.25) is 0 Å². The van der Waals surface area contributed by atoms with Gasteiger partial charge in [0.05, 0.1) is 22.3 Å². The van der Waals surface area contributed by atoms with Gasteiger partial charge in [-0.15, -0.1) is 23.4 Å². The number of benzene rings is 1. The van der Waals surface area contributed by atoms with Crippen molar-refractivity contribution in [2.75, 3.05) is 23.1 Å². The van der Waals surface area contributed by atoms with Crippen LogP contribution in [0.4, 0.5) is 5.69 Å². The van der Waals surface area contributed by atoms with E-state index >= 15 is 0 Å². The molecular formula is C18H17Cl2NO4S. The average molecular weight is 414 g/mol. The molecule has 0 atom stereocenters. The van der Waals surface area contributed by atoms with Crippen LogP contribution in [-0.2, 0) is 19.1 Å². The Morgan fingerprint density at radius 2 is 1.81 bits per heavy atom. The zero-order valence-corrected chi connectivity index (χ0v) is 16.3. The van der Waals surface area contributed by atoms with Gasteiger partial charge in [0.25, 0.3) is 11.8 Å². The number of rotatable bonds is 6. The molecule has 0 spiro atoms. The molecule has 138 valence electrons. The lowest BCUT2D eigenvalue weighted by atomic mass is 9.93. The molecule has 0 saturated carbocycles. The molecule has 1 aromatic carbocycles. The highest BCUT2D eigenvalue weighted by Crippen LogP contribution is 2.38. The number of imide groups is 1. The number of alkyl halides is 1. The summed E-state index contributed by atoms with van der Waals surface area (Å²) in [5, 5.41) is 0.445. The fourth-order valence-electron chi connectivity index (χ4n) is 3.05. The molecule has 5 nitrogen and oxygen atoms in total. The highest BCUT2D eigenvalue weighted by molar-refractivity contribution is 8.00. The van der Waals surface area contributed by atoms with Crippen molar-refractivity contribution in [3.8, 4) is 0 Å². The molecule has 1 aromatic rings. The first kappa shape index (κ1) is 19.3. The molecular weight excluding hydrogens is 397 g/mol. The monoisotopic (exact) mass is 413 g/mol. The maximum absolute atomic E-state index is 12.7. The SMILES string of the molecule is O=C(CSc1cc(N2C(=O)C3=C(CCCC3)C2=O)ccc1Cl)OCCCl. The molecule has 1 heterocycles. The van der Waals surface area contributed by atoms with Crippen LogP contribution in [0.3, 0.4) is 0 Å². The Morgan fingerprint density at radius 3 is 2.42 bits per heavy atom. The lowest BCUT2D eigenvalue weighted by molar-refractivity contribution is -0.139. The van der Waals surface area contributed by atoms with Crippen molar-refractivity contribution in [3.05, 3.63) is 34.4 Å². The van der Waals surface area contributed by atoms with E-state index in [1.165, 1.54) is 16.7 Å². The van der Waals surface area contributed by atoms with Crippen LogP contribution in [0.15, 0.2) is 34.2 Å². The highest BCUT2D eigenvalue weighted by atomic mass is 35.5. The second kappa shape index (κ2) is 8.46. The van der Waals surface area contributed by atoms with Crippen LogP contribution >= 0.6 is 35.0 Å². The maximum Gasteiger partial charge on any atom is 0.316 e. The number of ether oxygens (including phenoxy) is 1. The fourth-order valence-corrected chi connectivity index (χ4v) is 4.17. The van der Waals surface area contributed by atoms with Crippen molar-refractivity contribution in [1.29, 1.82) is 0 Å². The Hall–Kier alpha value is -1.50. The second-order valence-corrected chi connectivity index (χ2v) is 7.73. The van der Waals surface area contributed by atoms with Crippen LogP contribution in [0.5, 0.6) is 0 Å². The lowest BCUT2D eigenvalue weighted by Gasteiger charge is -2.16. The molecule has 0 saturated heterocycles. The van der Waals surface area contributed by atoms with E-state index in [0.29, 0.717) is 39.6 Å². The van der Waals surface area contributed by atoms with E-state index in [1.807, 2.05) is 0 Å². The number of halogens is 2. The average Bonchev–Trinajstić information content (AvgIpc) is 2.90. The Balaban J connectivity index is 1.77. The summed E-state index contributed by atoms with van der Waals surface area (Å²) in [6, 6.07) is 4.93. The van der Waals surface area contributed by atoms with Crippen LogP contribution in [0.2, 0.25) is 5.02 Å². The van der Waals surface area contributed by atoms with Gasteiger partial charge >= 0.3 is 5.97 Å². The minimum absolute atomic E-state index is 0.0662. The molecule has 8 heteroatoms. The largest absolute Gasteiger partial charge is 0.464 e. The molecule has 0 bridgehead atoms. The van der Waals surface area contributed by atoms with Gasteiger partial charge < -0.3 is 4.74 Å². The van der Waals surface area contributed by atoms with E-state index in [2.05, 4.69) is 0 Å². The fraction of sp³-hybridized carbons (Fsp3) is 0.389. The third-order valence-corrected chi connectivity index (χ3v) is 5.87. The zero-order chi connectivity index (χ0) is 18.7. The first-order valence-corrected chi connectivity index (χ1v) is 10.2. The number of anilines is 1. The summed E-state index contributed by atoms with van der Waals surface area (Å²) in [5.41, 5.74) is 1.74. The summed E-state index contributed by atoms with van der Waals surface area (Å²) in [6.07, 6.45) is 3.16. The molecule has 1 aliphatic carbocycles. The van der Waals surface area contributed by atoms with Crippen molar-refractivity contribution in [1.82, 2.24) is 0 Å². The molecule has 2 amide bonds. The maximum atomic E-state index is 12.7. The van der Waals surface area contributed by atoms with Crippen LogP contribution in [0.1, 0.15) is 25.7 Å². The normalized spacial score (nSPS) is 16.9. The molecule has 0 fully saturated rings. The smallest absolute Gasteiger partial charge is 0.316 e. The Labute approximate surface area is 165 Å². The predicted octanol–water partition coefficient (Wildman–Crippen LogP) is 3.96. The van der Waals surface area contributed by atoms with E-state index in [9.17, 15) is 14.4 Å². The quantitative estimate of drug-likeness (QED) is 0.305. The van der Waals surface area contributed by atoms with E-state index in [1.54, 1.807) is 18.2 Å². The van der Waals surface area contributed by atoms with E-state index in [0.717, 1.165) is 12.8 Å². The van der Waals surface area contributed by atoms with Gasteiger partial charge in [-0.3, -0.25) is 14.4 Å². The van der Waals surface area contributed by atoms with Crippen molar-refractivity contribution in [3.63, 3.8) is 0 Å². The predicted molar refractivity (Wildman–Crippen MR) is 102 cm³/mol. The minimum atomic E-state index is -0.400. The van der Waals surface area contributed by atoms with Gasteiger partial charge in [-0.1, -0.05) is 11.6 Å². The molecule has 26 heavy (non-hydrogen) atoms. The van der Waals surface area contributed by atoms with Gasteiger partial charge in [-0.25, -0.2) is 4.90 Å². The zero-order valence-electron chi connectivity index (χ0n) is 13.9. The first-order valence-electron chi connectivity index (χ1n) is 8.27. The van der Waals surface area contributed by atoms with Crippen molar-refractivity contribution < 1.29 is 19.1 Å². The summed E-state index contributed by atoms with van der Waals surface area (Å²) in [7, 11) is 0. The topological polar surface area (TPSA) is 63.7 Å². The first-order chi connectivity index (χ1) is 12.5. The highest BCUT2D eigenvalue weighted by Gasteiger charge is 2.39.